The molecular weight excluding hydrogens is 272 g/mol. The zero-order valence-electron chi connectivity index (χ0n) is 12.1. The SMILES string of the molecule is COCCCNC(=O)COc1ccc2c(c1)NC(=O)CC2. The number of aryl methyl sites for hydroxylation is 1. The number of nitrogens with one attached hydrogen (secondary N) is 2. The van der Waals surface area contributed by atoms with E-state index >= 15 is 0 Å². The second-order valence-electron chi connectivity index (χ2n) is 4.85. The average molecular weight is 292 g/mol. The summed E-state index contributed by atoms with van der Waals surface area (Å²) in [5, 5.41) is 5.55. The molecule has 0 aliphatic carbocycles. The Morgan fingerprint density at radius 2 is 2.24 bits per heavy atom. The van der Waals surface area contributed by atoms with E-state index < -0.39 is 0 Å². The number of hydrogen-bond donors (Lipinski definition) is 2. The van der Waals surface area contributed by atoms with E-state index in [0.717, 1.165) is 24.1 Å². The molecule has 1 heterocycles. The van der Waals surface area contributed by atoms with Crippen molar-refractivity contribution in [3.63, 3.8) is 0 Å². The number of fused-ring (bicyclic) bond motifs is 1. The summed E-state index contributed by atoms with van der Waals surface area (Å²) in [5.74, 6) is 0.409. The van der Waals surface area contributed by atoms with Crippen molar-refractivity contribution in [1.29, 1.82) is 0 Å². The fourth-order valence-electron chi connectivity index (χ4n) is 2.08. The highest BCUT2D eigenvalue weighted by Gasteiger charge is 2.15. The van der Waals surface area contributed by atoms with E-state index in [1.165, 1.54) is 0 Å². The fraction of sp³-hybridized carbons (Fsp3) is 0.467. The van der Waals surface area contributed by atoms with Crippen LogP contribution in [0.25, 0.3) is 0 Å². The maximum Gasteiger partial charge on any atom is 0.257 e. The van der Waals surface area contributed by atoms with Gasteiger partial charge in [-0.05, 0) is 24.5 Å². The van der Waals surface area contributed by atoms with Crippen molar-refractivity contribution in [3.8, 4) is 5.75 Å². The molecule has 1 aliphatic rings. The van der Waals surface area contributed by atoms with Crippen molar-refractivity contribution in [3.05, 3.63) is 23.8 Å². The van der Waals surface area contributed by atoms with Gasteiger partial charge < -0.3 is 20.1 Å². The first-order valence-corrected chi connectivity index (χ1v) is 7.00. The number of amides is 2. The number of hydrogen-bond acceptors (Lipinski definition) is 4. The molecule has 0 radical (unpaired) electrons. The molecule has 0 saturated heterocycles. The molecule has 0 saturated carbocycles. The van der Waals surface area contributed by atoms with Crippen LogP contribution >= 0.6 is 0 Å². The molecule has 2 N–H and O–H groups in total. The van der Waals surface area contributed by atoms with E-state index in [9.17, 15) is 9.59 Å². The minimum absolute atomic E-state index is 0.00976. The predicted octanol–water partition coefficient (Wildman–Crippen LogP) is 1.10. The highest BCUT2D eigenvalue weighted by molar-refractivity contribution is 5.94. The highest BCUT2D eigenvalue weighted by Crippen LogP contribution is 2.26. The van der Waals surface area contributed by atoms with Crippen molar-refractivity contribution in [2.75, 3.05) is 32.2 Å². The molecule has 1 aliphatic heterocycles. The van der Waals surface area contributed by atoms with Crippen molar-refractivity contribution in [2.45, 2.75) is 19.3 Å². The predicted molar refractivity (Wildman–Crippen MR) is 78.4 cm³/mol. The molecule has 6 heteroatoms. The van der Waals surface area contributed by atoms with Gasteiger partial charge in [-0.3, -0.25) is 9.59 Å². The lowest BCUT2D eigenvalue weighted by atomic mass is 10.0. The lowest BCUT2D eigenvalue weighted by molar-refractivity contribution is -0.123. The van der Waals surface area contributed by atoms with Crippen molar-refractivity contribution < 1.29 is 19.1 Å². The van der Waals surface area contributed by atoms with Gasteiger partial charge >= 0.3 is 0 Å². The maximum atomic E-state index is 11.6. The number of ether oxygens (including phenoxy) is 2. The van der Waals surface area contributed by atoms with Crippen LogP contribution in [-0.2, 0) is 20.7 Å². The molecular formula is C15H20N2O4. The second kappa shape index (κ2) is 7.64. The summed E-state index contributed by atoms with van der Waals surface area (Å²) in [7, 11) is 1.62. The van der Waals surface area contributed by atoms with Gasteiger partial charge in [0.15, 0.2) is 6.61 Å². The van der Waals surface area contributed by atoms with Gasteiger partial charge in [0.25, 0.3) is 5.91 Å². The monoisotopic (exact) mass is 292 g/mol. The lowest BCUT2D eigenvalue weighted by Crippen LogP contribution is -2.30. The van der Waals surface area contributed by atoms with Gasteiger partial charge in [-0.2, -0.15) is 0 Å². The highest BCUT2D eigenvalue weighted by atomic mass is 16.5. The molecule has 114 valence electrons. The summed E-state index contributed by atoms with van der Waals surface area (Å²) in [6.45, 7) is 1.14. The smallest absolute Gasteiger partial charge is 0.257 e. The number of carbonyl (C=O) groups is 2. The Bertz CT molecular complexity index is 516. The quantitative estimate of drug-likeness (QED) is 0.738. The van der Waals surface area contributed by atoms with Crippen LogP contribution in [-0.4, -0.2) is 38.7 Å². The normalized spacial score (nSPS) is 13.3. The van der Waals surface area contributed by atoms with Gasteiger partial charge in [0.2, 0.25) is 5.91 Å². The maximum absolute atomic E-state index is 11.6. The van der Waals surface area contributed by atoms with Crippen LogP contribution in [0.4, 0.5) is 5.69 Å². The lowest BCUT2D eigenvalue weighted by Gasteiger charge is -2.17. The first-order valence-electron chi connectivity index (χ1n) is 7.00. The van der Waals surface area contributed by atoms with Crippen molar-refractivity contribution >= 4 is 17.5 Å². The van der Waals surface area contributed by atoms with E-state index in [4.69, 9.17) is 9.47 Å². The largest absolute Gasteiger partial charge is 0.484 e. The number of anilines is 1. The van der Waals surface area contributed by atoms with Crippen LogP contribution < -0.4 is 15.4 Å². The standard InChI is InChI=1S/C15H20N2O4/c1-20-8-2-7-16-15(19)10-21-12-5-3-11-4-6-14(18)17-13(11)9-12/h3,5,9H,2,4,6-8,10H2,1H3,(H,16,19)(H,17,18). The summed E-state index contributed by atoms with van der Waals surface area (Å²) in [5.41, 5.74) is 1.86. The molecule has 0 unspecified atom stereocenters. The Morgan fingerprint density at radius 3 is 3.05 bits per heavy atom. The Balaban J connectivity index is 1.79. The molecule has 0 bridgehead atoms. The van der Waals surface area contributed by atoms with Crippen LogP contribution in [0.5, 0.6) is 5.75 Å². The average Bonchev–Trinajstić information content (AvgIpc) is 2.49. The van der Waals surface area contributed by atoms with Gasteiger partial charge in [0.1, 0.15) is 5.75 Å². The van der Waals surface area contributed by atoms with E-state index in [1.807, 2.05) is 12.1 Å². The third-order valence-electron chi connectivity index (χ3n) is 3.19. The number of rotatable bonds is 7. The second-order valence-corrected chi connectivity index (χ2v) is 4.85. The van der Waals surface area contributed by atoms with E-state index in [0.29, 0.717) is 25.3 Å². The van der Waals surface area contributed by atoms with Gasteiger partial charge in [0.05, 0.1) is 0 Å². The molecule has 6 nitrogen and oxygen atoms in total. The molecule has 0 aromatic heterocycles. The molecule has 2 rings (SSSR count). The molecule has 2 amide bonds. The van der Waals surface area contributed by atoms with E-state index in [2.05, 4.69) is 10.6 Å². The van der Waals surface area contributed by atoms with Crippen LogP contribution in [0.1, 0.15) is 18.4 Å². The minimum Gasteiger partial charge on any atom is -0.484 e. The van der Waals surface area contributed by atoms with Gasteiger partial charge in [0, 0.05) is 38.4 Å². The summed E-state index contributed by atoms with van der Waals surface area (Å²) in [6.07, 6.45) is 2.02. The molecule has 0 spiro atoms. The van der Waals surface area contributed by atoms with Gasteiger partial charge in [-0.15, -0.1) is 0 Å². The zero-order valence-corrected chi connectivity index (χ0v) is 12.1. The number of carbonyl (C=O) groups excluding carboxylic acids is 2. The van der Waals surface area contributed by atoms with Crippen LogP contribution in [0, 0.1) is 0 Å². The van der Waals surface area contributed by atoms with Crippen molar-refractivity contribution in [1.82, 2.24) is 5.32 Å². The Kier molecular flexibility index (Phi) is 5.57. The molecule has 1 aromatic carbocycles. The van der Waals surface area contributed by atoms with Crippen LogP contribution in [0.15, 0.2) is 18.2 Å². The first kappa shape index (κ1) is 15.3. The number of methoxy groups -OCH3 is 1. The summed E-state index contributed by atoms with van der Waals surface area (Å²) in [6, 6.07) is 5.49. The third kappa shape index (κ3) is 4.75. The summed E-state index contributed by atoms with van der Waals surface area (Å²) >= 11 is 0. The first-order chi connectivity index (χ1) is 10.2. The Hall–Kier alpha value is -2.08. The molecule has 21 heavy (non-hydrogen) atoms. The van der Waals surface area contributed by atoms with E-state index in [-0.39, 0.29) is 18.4 Å². The fourth-order valence-corrected chi connectivity index (χ4v) is 2.08. The van der Waals surface area contributed by atoms with Crippen LogP contribution in [0.3, 0.4) is 0 Å². The van der Waals surface area contributed by atoms with Gasteiger partial charge in [-0.25, -0.2) is 0 Å². The molecule has 0 atom stereocenters. The minimum atomic E-state index is -0.173. The van der Waals surface area contributed by atoms with Crippen LogP contribution in [0.2, 0.25) is 0 Å². The van der Waals surface area contributed by atoms with E-state index in [1.54, 1.807) is 13.2 Å². The summed E-state index contributed by atoms with van der Waals surface area (Å²) in [4.78, 5) is 22.9. The topological polar surface area (TPSA) is 76.7 Å². The van der Waals surface area contributed by atoms with Gasteiger partial charge in [-0.1, -0.05) is 6.07 Å². The zero-order chi connectivity index (χ0) is 15.1. The van der Waals surface area contributed by atoms with Crippen molar-refractivity contribution in [2.24, 2.45) is 0 Å². The summed E-state index contributed by atoms with van der Waals surface area (Å²) < 4.78 is 10.3. The number of benzene rings is 1. The Morgan fingerprint density at radius 1 is 1.38 bits per heavy atom. The molecule has 1 aromatic rings. The third-order valence-corrected chi connectivity index (χ3v) is 3.19. The Labute approximate surface area is 123 Å². The molecule has 0 fully saturated rings.